The molecule has 0 bridgehead atoms. The number of sulfonamides is 1. The van der Waals surface area contributed by atoms with E-state index in [1.165, 1.54) is 43.5 Å². The minimum absolute atomic E-state index is 0.00529. The Morgan fingerprint density at radius 3 is 2.48 bits per heavy atom. The van der Waals surface area contributed by atoms with Gasteiger partial charge in [0.2, 0.25) is 6.10 Å². The normalized spacial score (nSPS) is 16.5. The summed E-state index contributed by atoms with van der Waals surface area (Å²) in [6.07, 6.45) is -0.714. The van der Waals surface area contributed by atoms with Gasteiger partial charge in [-0.1, -0.05) is 12.1 Å². The summed E-state index contributed by atoms with van der Waals surface area (Å²) in [7, 11) is -2.46. The van der Waals surface area contributed by atoms with E-state index in [1.54, 1.807) is 12.1 Å². The molecule has 1 heterocycles. The molecule has 0 saturated carbocycles. The van der Waals surface area contributed by atoms with Gasteiger partial charge < -0.3 is 14.2 Å². The largest absolute Gasteiger partial charge is 0.497 e. The van der Waals surface area contributed by atoms with E-state index in [0.29, 0.717) is 5.75 Å². The van der Waals surface area contributed by atoms with Crippen molar-refractivity contribution in [3.05, 3.63) is 54.1 Å². The predicted octanol–water partition coefficient (Wildman–Crippen LogP) is 1.97. The fraction of sp³-hybridized carbons (Fsp3) is 0.222. The quantitative estimate of drug-likeness (QED) is 0.750. The van der Waals surface area contributed by atoms with Crippen LogP contribution in [0.1, 0.15) is 16.8 Å². The highest BCUT2D eigenvalue weighted by atomic mass is 32.2. The second-order valence-electron chi connectivity index (χ2n) is 5.68. The fourth-order valence-electron chi connectivity index (χ4n) is 2.49. The number of cyclic esters (lactones) is 1. The molecule has 1 saturated heterocycles. The number of para-hydroxylation sites is 1. The first kappa shape index (κ1) is 18.7. The highest BCUT2D eigenvalue weighted by molar-refractivity contribution is 7.92. The minimum atomic E-state index is -3.94. The van der Waals surface area contributed by atoms with Crippen molar-refractivity contribution in [2.24, 2.45) is 0 Å². The lowest BCUT2D eigenvalue weighted by Crippen LogP contribution is -2.24. The summed E-state index contributed by atoms with van der Waals surface area (Å²) < 4.78 is 42.5. The van der Waals surface area contributed by atoms with E-state index in [1.807, 2.05) is 0 Å². The highest BCUT2D eigenvalue weighted by Crippen LogP contribution is 2.23. The number of nitrogens with one attached hydrogen (secondary N) is 1. The van der Waals surface area contributed by atoms with Crippen molar-refractivity contribution in [1.29, 1.82) is 0 Å². The molecular weight excluding hydrogens is 374 g/mol. The topological polar surface area (TPSA) is 108 Å². The fourth-order valence-corrected chi connectivity index (χ4v) is 3.57. The van der Waals surface area contributed by atoms with E-state index in [4.69, 9.17) is 14.2 Å². The summed E-state index contributed by atoms with van der Waals surface area (Å²) in [5, 5.41) is 0. The number of rotatable bonds is 6. The van der Waals surface area contributed by atoms with Crippen LogP contribution < -0.4 is 9.46 Å². The lowest BCUT2D eigenvalue weighted by molar-refractivity contribution is -0.145. The van der Waals surface area contributed by atoms with E-state index >= 15 is 0 Å². The third-order valence-corrected chi connectivity index (χ3v) is 5.28. The predicted molar refractivity (Wildman–Crippen MR) is 95.0 cm³/mol. The van der Waals surface area contributed by atoms with Crippen LogP contribution in [0.5, 0.6) is 5.75 Å². The molecule has 1 aliphatic heterocycles. The van der Waals surface area contributed by atoms with Crippen LogP contribution in [0, 0.1) is 0 Å². The van der Waals surface area contributed by atoms with Crippen LogP contribution in [0.15, 0.2) is 53.4 Å². The maximum absolute atomic E-state index is 12.6. The monoisotopic (exact) mass is 391 g/mol. The Hall–Kier alpha value is -3.07. The average Bonchev–Trinajstić information content (AvgIpc) is 3.06. The molecule has 0 unspecified atom stereocenters. The van der Waals surface area contributed by atoms with Crippen molar-refractivity contribution in [2.75, 3.05) is 18.4 Å². The molecule has 9 heteroatoms. The molecule has 8 nitrogen and oxygen atoms in total. The molecule has 142 valence electrons. The number of carbonyl (C=O) groups excluding carboxylic acids is 2. The van der Waals surface area contributed by atoms with Gasteiger partial charge in [-0.25, -0.2) is 18.0 Å². The van der Waals surface area contributed by atoms with Crippen LogP contribution in [-0.4, -0.2) is 40.2 Å². The lowest BCUT2D eigenvalue weighted by Gasteiger charge is -2.14. The third kappa shape index (κ3) is 4.20. The summed E-state index contributed by atoms with van der Waals surface area (Å²) in [5.74, 6) is -0.909. The first-order valence-electron chi connectivity index (χ1n) is 8.04. The molecule has 3 rings (SSSR count). The molecule has 1 atom stereocenters. The van der Waals surface area contributed by atoms with Gasteiger partial charge in [0.25, 0.3) is 10.0 Å². The average molecular weight is 391 g/mol. The van der Waals surface area contributed by atoms with Crippen LogP contribution >= 0.6 is 0 Å². The highest BCUT2D eigenvalue weighted by Gasteiger charge is 2.31. The molecule has 0 aromatic heterocycles. The number of benzene rings is 2. The smallest absolute Gasteiger partial charge is 0.347 e. The van der Waals surface area contributed by atoms with Crippen LogP contribution in [0.25, 0.3) is 0 Å². The molecule has 0 aliphatic carbocycles. The maximum Gasteiger partial charge on any atom is 0.347 e. The molecule has 27 heavy (non-hydrogen) atoms. The Morgan fingerprint density at radius 2 is 1.85 bits per heavy atom. The van der Waals surface area contributed by atoms with E-state index < -0.39 is 28.1 Å². The van der Waals surface area contributed by atoms with Gasteiger partial charge in [-0.05, 0) is 36.4 Å². The molecule has 0 amide bonds. The van der Waals surface area contributed by atoms with E-state index in [0.717, 1.165) is 0 Å². The van der Waals surface area contributed by atoms with Crippen molar-refractivity contribution < 1.29 is 32.2 Å². The standard InChI is InChI=1S/C18H17NO7S/c1-24-12-6-8-13(9-7-12)27(22,23)19-15-5-3-2-4-14(15)17(20)26-16-10-11-25-18(16)21/h2-9,16,19H,10-11H2,1H3/t16-/m0/s1. The zero-order chi connectivity index (χ0) is 19.4. The van der Waals surface area contributed by atoms with Crippen LogP contribution in [-0.2, 0) is 24.3 Å². The third-order valence-electron chi connectivity index (χ3n) is 3.90. The van der Waals surface area contributed by atoms with Gasteiger partial charge in [0, 0.05) is 6.42 Å². The van der Waals surface area contributed by atoms with Crippen molar-refractivity contribution >= 4 is 27.6 Å². The van der Waals surface area contributed by atoms with E-state index in [9.17, 15) is 18.0 Å². The number of hydrogen-bond acceptors (Lipinski definition) is 7. The first-order valence-corrected chi connectivity index (χ1v) is 9.52. The summed E-state index contributed by atoms with van der Waals surface area (Å²) in [4.78, 5) is 23.9. The molecule has 0 spiro atoms. The number of hydrogen-bond donors (Lipinski definition) is 1. The lowest BCUT2D eigenvalue weighted by atomic mass is 10.2. The van der Waals surface area contributed by atoms with Crippen LogP contribution in [0.2, 0.25) is 0 Å². The van der Waals surface area contributed by atoms with Gasteiger partial charge in [-0.3, -0.25) is 4.72 Å². The van der Waals surface area contributed by atoms with Crippen molar-refractivity contribution in [3.63, 3.8) is 0 Å². The first-order chi connectivity index (χ1) is 12.9. The second-order valence-corrected chi connectivity index (χ2v) is 7.36. The van der Waals surface area contributed by atoms with E-state index in [-0.39, 0.29) is 29.2 Å². The maximum atomic E-state index is 12.6. The summed E-state index contributed by atoms with van der Waals surface area (Å²) in [6.45, 7) is 0.183. The molecule has 2 aromatic carbocycles. The Morgan fingerprint density at radius 1 is 1.15 bits per heavy atom. The van der Waals surface area contributed by atoms with Crippen molar-refractivity contribution in [1.82, 2.24) is 0 Å². The Kier molecular flexibility index (Phi) is 5.31. The van der Waals surface area contributed by atoms with Crippen molar-refractivity contribution in [2.45, 2.75) is 17.4 Å². The summed E-state index contributed by atoms with van der Waals surface area (Å²) in [6, 6.07) is 11.8. The Labute approximate surface area is 156 Å². The summed E-state index contributed by atoms with van der Waals surface area (Å²) in [5.41, 5.74) is 0.0407. The van der Waals surface area contributed by atoms with Crippen LogP contribution in [0.4, 0.5) is 5.69 Å². The zero-order valence-electron chi connectivity index (χ0n) is 14.4. The molecule has 1 fully saturated rings. The number of esters is 2. The van der Waals surface area contributed by atoms with Gasteiger partial charge in [-0.15, -0.1) is 0 Å². The number of anilines is 1. The second kappa shape index (κ2) is 7.67. The SMILES string of the molecule is COc1ccc(S(=O)(=O)Nc2ccccc2C(=O)O[C@H]2CCOC2=O)cc1. The molecular formula is C18H17NO7S. The minimum Gasteiger partial charge on any atom is -0.497 e. The van der Waals surface area contributed by atoms with Gasteiger partial charge >= 0.3 is 11.9 Å². The van der Waals surface area contributed by atoms with Gasteiger partial charge in [-0.2, -0.15) is 0 Å². The summed E-state index contributed by atoms with van der Waals surface area (Å²) >= 11 is 0. The Bertz CT molecular complexity index is 954. The molecule has 1 N–H and O–H groups in total. The molecule has 2 aromatic rings. The van der Waals surface area contributed by atoms with Gasteiger partial charge in [0.15, 0.2) is 0 Å². The van der Waals surface area contributed by atoms with Gasteiger partial charge in [0.05, 0.1) is 29.9 Å². The number of methoxy groups -OCH3 is 1. The molecule has 1 aliphatic rings. The van der Waals surface area contributed by atoms with Gasteiger partial charge in [0.1, 0.15) is 5.75 Å². The Balaban J connectivity index is 1.82. The van der Waals surface area contributed by atoms with Crippen molar-refractivity contribution in [3.8, 4) is 5.75 Å². The number of ether oxygens (including phenoxy) is 3. The van der Waals surface area contributed by atoms with E-state index in [2.05, 4.69) is 4.72 Å². The molecule has 0 radical (unpaired) electrons. The van der Waals surface area contributed by atoms with Crippen LogP contribution in [0.3, 0.4) is 0 Å². The number of carbonyl (C=O) groups is 2. The zero-order valence-corrected chi connectivity index (χ0v) is 15.2.